The standard InChI is InChI=1S/C21H16N2O5/c1-26-21(25)18-7-3-2-6-17(18)19-9-8-15(28-19)11-14(12-22)20(24)23-13-16-5-4-10-27-16/h2-11H,13H2,1H3,(H,23,24). The second-order valence-corrected chi connectivity index (χ2v) is 5.67. The molecule has 0 saturated carbocycles. The van der Waals surface area contributed by atoms with Crippen LogP contribution in [0.25, 0.3) is 17.4 Å². The monoisotopic (exact) mass is 376 g/mol. The van der Waals surface area contributed by atoms with E-state index in [9.17, 15) is 14.9 Å². The summed E-state index contributed by atoms with van der Waals surface area (Å²) in [6.07, 6.45) is 2.83. The highest BCUT2D eigenvalue weighted by Crippen LogP contribution is 2.27. The quantitative estimate of drug-likeness (QED) is 0.401. The predicted octanol–water partition coefficient (Wildman–Crippen LogP) is 3.55. The van der Waals surface area contributed by atoms with Gasteiger partial charge in [-0.05, 0) is 30.3 Å². The largest absolute Gasteiger partial charge is 0.467 e. The van der Waals surface area contributed by atoms with E-state index in [-0.39, 0.29) is 12.1 Å². The normalized spacial score (nSPS) is 10.9. The van der Waals surface area contributed by atoms with Crippen molar-refractivity contribution in [3.05, 3.63) is 77.5 Å². The Morgan fingerprint density at radius 2 is 2.00 bits per heavy atom. The molecule has 28 heavy (non-hydrogen) atoms. The Labute approximate surface area is 160 Å². The minimum absolute atomic E-state index is 0.117. The fourth-order valence-electron chi connectivity index (χ4n) is 2.53. The number of furan rings is 2. The Kier molecular flexibility index (Phi) is 5.72. The molecule has 0 atom stereocenters. The summed E-state index contributed by atoms with van der Waals surface area (Å²) in [4.78, 5) is 24.1. The van der Waals surface area contributed by atoms with E-state index in [1.54, 1.807) is 48.5 Å². The Bertz CT molecular complexity index is 1050. The lowest BCUT2D eigenvalue weighted by Crippen LogP contribution is -2.23. The molecule has 2 aromatic heterocycles. The number of carbonyl (C=O) groups excluding carboxylic acids is 2. The summed E-state index contributed by atoms with van der Waals surface area (Å²) < 4.78 is 15.6. The first-order valence-corrected chi connectivity index (χ1v) is 8.32. The molecule has 2 heterocycles. The van der Waals surface area contributed by atoms with E-state index in [0.717, 1.165) is 0 Å². The van der Waals surface area contributed by atoms with Crippen LogP contribution in [0, 0.1) is 11.3 Å². The van der Waals surface area contributed by atoms with E-state index in [4.69, 9.17) is 13.6 Å². The molecule has 0 fully saturated rings. The van der Waals surface area contributed by atoms with Gasteiger partial charge < -0.3 is 18.9 Å². The van der Waals surface area contributed by atoms with Crippen LogP contribution in [0.3, 0.4) is 0 Å². The number of ether oxygens (including phenoxy) is 1. The highest BCUT2D eigenvalue weighted by atomic mass is 16.5. The number of nitrogens with zero attached hydrogens (tertiary/aromatic N) is 1. The number of hydrogen-bond acceptors (Lipinski definition) is 6. The first-order chi connectivity index (χ1) is 13.6. The molecule has 7 heteroatoms. The average Bonchev–Trinajstić information content (AvgIpc) is 3.41. The Balaban J connectivity index is 1.80. The summed E-state index contributed by atoms with van der Waals surface area (Å²) in [6, 6.07) is 15.4. The number of hydrogen-bond donors (Lipinski definition) is 1. The maximum absolute atomic E-state index is 12.2. The molecule has 0 bridgehead atoms. The molecule has 0 saturated heterocycles. The number of esters is 1. The highest BCUT2D eigenvalue weighted by Gasteiger charge is 2.16. The molecule has 1 N–H and O–H groups in total. The van der Waals surface area contributed by atoms with Gasteiger partial charge in [-0.25, -0.2) is 4.79 Å². The summed E-state index contributed by atoms with van der Waals surface area (Å²) in [5.41, 5.74) is 0.787. The molecule has 140 valence electrons. The highest BCUT2D eigenvalue weighted by molar-refractivity contribution is 6.01. The SMILES string of the molecule is COC(=O)c1ccccc1-c1ccc(C=C(C#N)C(=O)NCc2ccco2)o1. The number of carbonyl (C=O) groups is 2. The van der Waals surface area contributed by atoms with E-state index >= 15 is 0 Å². The van der Waals surface area contributed by atoms with E-state index in [1.807, 2.05) is 6.07 Å². The van der Waals surface area contributed by atoms with Crippen LogP contribution in [0.15, 0.2) is 69.2 Å². The van der Waals surface area contributed by atoms with Crippen molar-refractivity contribution in [1.29, 1.82) is 5.26 Å². The van der Waals surface area contributed by atoms with Gasteiger partial charge in [0.15, 0.2) is 0 Å². The Morgan fingerprint density at radius 3 is 2.71 bits per heavy atom. The van der Waals surface area contributed by atoms with Gasteiger partial charge >= 0.3 is 5.97 Å². The second-order valence-electron chi connectivity index (χ2n) is 5.67. The van der Waals surface area contributed by atoms with Crippen molar-refractivity contribution >= 4 is 18.0 Å². The zero-order chi connectivity index (χ0) is 19.9. The maximum Gasteiger partial charge on any atom is 0.338 e. The molecule has 0 radical (unpaired) electrons. The first-order valence-electron chi connectivity index (χ1n) is 8.32. The molecule has 0 aliphatic heterocycles. The van der Waals surface area contributed by atoms with Crippen molar-refractivity contribution in [3.63, 3.8) is 0 Å². The molecule has 1 aromatic carbocycles. The second kappa shape index (κ2) is 8.56. The van der Waals surface area contributed by atoms with Crippen LogP contribution >= 0.6 is 0 Å². The third-order valence-corrected chi connectivity index (χ3v) is 3.88. The van der Waals surface area contributed by atoms with Crippen molar-refractivity contribution in [1.82, 2.24) is 5.32 Å². The van der Waals surface area contributed by atoms with Crippen LogP contribution in [0.2, 0.25) is 0 Å². The maximum atomic E-state index is 12.2. The lowest BCUT2D eigenvalue weighted by Gasteiger charge is -2.04. The topological polar surface area (TPSA) is 105 Å². The minimum Gasteiger partial charge on any atom is -0.467 e. The molecule has 3 rings (SSSR count). The molecule has 0 spiro atoms. The van der Waals surface area contributed by atoms with Gasteiger partial charge in [-0.2, -0.15) is 5.26 Å². The fourth-order valence-corrected chi connectivity index (χ4v) is 2.53. The lowest BCUT2D eigenvalue weighted by atomic mass is 10.1. The summed E-state index contributed by atoms with van der Waals surface area (Å²) in [5.74, 6) is 0.260. The molecule has 0 aliphatic carbocycles. The third kappa shape index (κ3) is 4.19. The molecular formula is C21H16N2O5. The fraction of sp³-hybridized carbons (Fsp3) is 0.0952. The van der Waals surface area contributed by atoms with Gasteiger partial charge in [0.2, 0.25) is 0 Å². The van der Waals surface area contributed by atoms with Crippen molar-refractivity contribution in [2.24, 2.45) is 0 Å². The summed E-state index contributed by atoms with van der Waals surface area (Å²) >= 11 is 0. The van der Waals surface area contributed by atoms with Gasteiger partial charge in [0, 0.05) is 11.6 Å². The van der Waals surface area contributed by atoms with Crippen LogP contribution in [0.4, 0.5) is 0 Å². The number of benzene rings is 1. The molecule has 0 unspecified atom stereocenters. The third-order valence-electron chi connectivity index (χ3n) is 3.88. The number of amides is 1. The Morgan fingerprint density at radius 1 is 1.18 bits per heavy atom. The first kappa shape index (κ1) is 18.7. The van der Waals surface area contributed by atoms with Crippen LogP contribution < -0.4 is 5.32 Å². The molecular weight excluding hydrogens is 360 g/mol. The van der Waals surface area contributed by atoms with Crippen molar-refractivity contribution in [2.75, 3.05) is 7.11 Å². The van der Waals surface area contributed by atoms with Gasteiger partial charge in [-0.1, -0.05) is 18.2 Å². The zero-order valence-electron chi connectivity index (χ0n) is 15.0. The van der Waals surface area contributed by atoms with Gasteiger partial charge in [0.05, 0.1) is 25.5 Å². The van der Waals surface area contributed by atoms with Crippen molar-refractivity contribution in [2.45, 2.75) is 6.54 Å². The van der Waals surface area contributed by atoms with Crippen LogP contribution in [0.1, 0.15) is 21.9 Å². The molecule has 7 nitrogen and oxygen atoms in total. The van der Waals surface area contributed by atoms with Gasteiger partial charge in [0.25, 0.3) is 5.91 Å². The predicted molar refractivity (Wildman–Crippen MR) is 99.6 cm³/mol. The van der Waals surface area contributed by atoms with E-state index in [1.165, 1.54) is 19.4 Å². The van der Waals surface area contributed by atoms with Crippen LogP contribution in [0.5, 0.6) is 0 Å². The van der Waals surface area contributed by atoms with E-state index in [2.05, 4.69) is 5.32 Å². The van der Waals surface area contributed by atoms with E-state index in [0.29, 0.717) is 28.4 Å². The summed E-state index contributed by atoms with van der Waals surface area (Å²) in [5, 5.41) is 11.9. The van der Waals surface area contributed by atoms with Crippen LogP contribution in [-0.4, -0.2) is 19.0 Å². The number of methoxy groups -OCH3 is 1. The average molecular weight is 376 g/mol. The minimum atomic E-state index is -0.549. The molecule has 0 aliphatic rings. The number of nitriles is 1. The lowest BCUT2D eigenvalue weighted by molar-refractivity contribution is -0.117. The van der Waals surface area contributed by atoms with Gasteiger partial charge in [0.1, 0.15) is 28.9 Å². The summed E-state index contributed by atoms with van der Waals surface area (Å²) in [7, 11) is 1.30. The molecule has 3 aromatic rings. The van der Waals surface area contributed by atoms with Crippen LogP contribution in [-0.2, 0) is 16.1 Å². The Hall–Kier alpha value is -4.05. The summed E-state index contributed by atoms with van der Waals surface area (Å²) in [6.45, 7) is 0.167. The smallest absolute Gasteiger partial charge is 0.338 e. The van der Waals surface area contributed by atoms with Crippen molar-refractivity contribution < 1.29 is 23.2 Å². The number of nitrogens with one attached hydrogen (secondary N) is 1. The van der Waals surface area contributed by atoms with Gasteiger partial charge in [-0.3, -0.25) is 4.79 Å². The number of rotatable bonds is 6. The van der Waals surface area contributed by atoms with Gasteiger partial charge in [-0.15, -0.1) is 0 Å². The molecule has 1 amide bonds. The van der Waals surface area contributed by atoms with Crippen molar-refractivity contribution in [3.8, 4) is 17.4 Å². The zero-order valence-corrected chi connectivity index (χ0v) is 15.0. The van der Waals surface area contributed by atoms with E-state index < -0.39 is 11.9 Å².